The van der Waals surface area contributed by atoms with Gasteiger partial charge in [-0.1, -0.05) is 60.7 Å². The number of anilines is 1. The highest BCUT2D eigenvalue weighted by Gasteiger charge is 2.22. The number of rotatable bonds is 9. The van der Waals surface area contributed by atoms with Crippen molar-refractivity contribution >= 4 is 44.1 Å². The third kappa shape index (κ3) is 5.68. The summed E-state index contributed by atoms with van der Waals surface area (Å²) in [7, 11) is 1.35. The van der Waals surface area contributed by atoms with Crippen LogP contribution in [-0.2, 0) is 9.53 Å². The van der Waals surface area contributed by atoms with Gasteiger partial charge in [-0.25, -0.2) is 4.79 Å². The Morgan fingerprint density at radius 1 is 1.12 bits per heavy atom. The number of methoxy groups -OCH3 is 1. The van der Waals surface area contributed by atoms with Gasteiger partial charge in [-0.3, -0.25) is 4.79 Å². The summed E-state index contributed by atoms with van der Waals surface area (Å²) in [6.07, 6.45) is 5.93. The SMILES string of the molecule is CCCCCCCC(=O)Nc1scc(-c2ccc(Br)cc2)c1C(=O)OC. The zero-order chi connectivity index (χ0) is 18.9. The van der Waals surface area contributed by atoms with E-state index in [9.17, 15) is 9.59 Å². The number of halogens is 1. The van der Waals surface area contributed by atoms with Gasteiger partial charge in [-0.05, 0) is 24.1 Å². The Kier molecular flexibility index (Phi) is 8.32. The molecule has 1 heterocycles. The molecule has 0 spiro atoms. The van der Waals surface area contributed by atoms with E-state index in [0.29, 0.717) is 17.0 Å². The zero-order valence-electron chi connectivity index (χ0n) is 15.1. The Labute approximate surface area is 167 Å². The van der Waals surface area contributed by atoms with Crippen LogP contribution >= 0.6 is 27.3 Å². The summed E-state index contributed by atoms with van der Waals surface area (Å²) in [5, 5.41) is 5.32. The van der Waals surface area contributed by atoms with Gasteiger partial charge in [-0.2, -0.15) is 0 Å². The molecule has 0 aliphatic carbocycles. The molecule has 1 amide bonds. The first-order chi connectivity index (χ1) is 12.6. The lowest BCUT2D eigenvalue weighted by atomic mass is 10.0. The lowest BCUT2D eigenvalue weighted by molar-refractivity contribution is -0.116. The van der Waals surface area contributed by atoms with Crippen molar-refractivity contribution in [1.82, 2.24) is 0 Å². The Bertz CT molecular complexity index is 740. The summed E-state index contributed by atoms with van der Waals surface area (Å²) in [5.41, 5.74) is 2.09. The molecule has 0 radical (unpaired) electrons. The first-order valence-corrected chi connectivity index (χ1v) is 10.5. The van der Waals surface area contributed by atoms with Crippen molar-refractivity contribution in [3.05, 3.63) is 39.7 Å². The molecular formula is C20H24BrNO3S. The fourth-order valence-electron chi connectivity index (χ4n) is 2.67. The number of nitrogens with one attached hydrogen (secondary N) is 1. The van der Waals surface area contributed by atoms with E-state index in [-0.39, 0.29) is 5.91 Å². The van der Waals surface area contributed by atoms with Gasteiger partial charge in [0, 0.05) is 21.8 Å². The molecule has 2 aromatic rings. The highest BCUT2D eigenvalue weighted by molar-refractivity contribution is 9.10. The molecule has 140 valence electrons. The average Bonchev–Trinajstić information content (AvgIpc) is 3.05. The summed E-state index contributed by atoms with van der Waals surface area (Å²) in [5.74, 6) is -0.502. The molecule has 0 atom stereocenters. The molecule has 0 saturated heterocycles. The quantitative estimate of drug-likeness (QED) is 0.371. The normalized spacial score (nSPS) is 10.6. The van der Waals surface area contributed by atoms with Gasteiger partial charge in [0.25, 0.3) is 0 Å². The second kappa shape index (κ2) is 10.5. The Morgan fingerprint density at radius 2 is 1.81 bits per heavy atom. The van der Waals surface area contributed by atoms with E-state index >= 15 is 0 Å². The zero-order valence-corrected chi connectivity index (χ0v) is 17.5. The van der Waals surface area contributed by atoms with Gasteiger partial charge in [0.15, 0.2) is 0 Å². The number of hydrogen-bond acceptors (Lipinski definition) is 4. The van der Waals surface area contributed by atoms with Crippen molar-refractivity contribution in [3.63, 3.8) is 0 Å². The minimum absolute atomic E-state index is 0.0594. The third-order valence-electron chi connectivity index (χ3n) is 4.10. The fraction of sp³-hybridized carbons (Fsp3) is 0.400. The predicted octanol–water partition coefficient (Wildman–Crippen LogP) is 6.26. The third-order valence-corrected chi connectivity index (χ3v) is 5.52. The Hall–Kier alpha value is -1.66. The largest absolute Gasteiger partial charge is 0.465 e. The smallest absolute Gasteiger partial charge is 0.341 e. The maximum Gasteiger partial charge on any atom is 0.341 e. The standard InChI is InChI=1S/C20H24BrNO3S/c1-3-4-5-6-7-8-17(23)22-19-18(20(24)25-2)16(13-26-19)14-9-11-15(21)12-10-14/h9-13H,3-8H2,1-2H3,(H,22,23). The summed E-state index contributed by atoms with van der Waals surface area (Å²) >= 11 is 4.76. The number of ether oxygens (including phenoxy) is 1. The van der Waals surface area contributed by atoms with Crippen molar-refractivity contribution in [2.45, 2.75) is 45.4 Å². The van der Waals surface area contributed by atoms with Crippen molar-refractivity contribution in [2.24, 2.45) is 0 Å². The number of carbonyl (C=O) groups excluding carboxylic acids is 2. The summed E-state index contributed by atoms with van der Waals surface area (Å²) < 4.78 is 5.90. The van der Waals surface area contributed by atoms with Crippen LogP contribution in [-0.4, -0.2) is 19.0 Å². The molecule has 1 N–H and O–H groups in total. The lowest BCUT2D eigenvalue weighted by Crippen LogP contribution is -2.13. The van der Waals surface area contributed by atoms with E-state index in [1.807, 2.05) is 29.6 Å². The van der Waals surface area contributed by atoms with E-state index in [2.05, 4.69) is 28.2 Å². The molecular weight excluding hydrogens is 414 g/mol. The number of benzene rings is 1. The molecule has 0 aliphatic heterocycles. The van der Waals surface area contributed by atoms with Crippen LogP contribution in [0, 0.1) is 0 Å². The van der Waals surface area contributed by atoms with Crippen molar-refractivity contribution in [3.8, 4) is 11.1 Å². The van der Waals surface area contributed by atoms with Crippen LogP contribution in [0.15, 0.2) is 34.1 Å². The molecule has 0 bridgehead atoms. The molecule has 1 aromatic heterocycles. The molecule has 4 nitrogen and oxygen atoms in total. The van der Waals surface area contributed by atoms with Gasteiger partial charge >= 0.3 is 5.97 Å². The highest BCUT2D eigenvalue weighted by Crippen LogP contribution is 2.36. The van der Waals surface area contributed by atoms with Crippen molar-refractivity contribution in [2.75, 3.05) is 12.4 Å². The number of esters is 1. The lowest BCUT2D eigenvalue weighted by Gasteiger charge is -2.08. The van der Waals surface area contributed by atoms with E-state index in [1.54, 1.807) is 0 Å². The highest BCUT2D eigenvalue weighted by atomic mass is 79.9. The van der Waals surface area contributed by atoms with Gasteiger partial charge < -0.3 is 10.1 Å². The van der Waals surface area contributed by atoms with Crippen LogP contribution in [0.25, 0.3) is 11.1 Å². The number of carbonyl (C=O) groups is 2. The average molecular weight is 438 g/mol. The van der Waals surface area contributed by atoms with Gasteiger partial charge in [0.1, 0.15) is 10.6 Å². The van der Waals surface area contributed by atoms with Gasteiger partial charge in [0.2, 0.25) is 5.91 Å². The molecule has 26 heavy (non-hydrogen) atoms. The Balaban J connectivity index is 2.12. The summed E-state index contributed by atoms with van der Waals surface area (Å²) in [6.45, 7) is 2.17. The molecule has 0 saturated carbocycles. The van der Waals surface area contributed by atoms with E-state index in [4.69, 9.17) is 4.74 Å². The van der Waals surface area contributed by atoms with Crippen LogP contribution in [0.3, 0.4) is 0 Å². The number of amides is 1. The first kappa shape index (κ1) is 20.6. The molecule has 0 fully saturated rings. The minimum Gasteiger partial charge on any atom is -0.465 e. The molecule has 0 aliphatic rings. The van der Waals surface area contributed by atoms with Crippen molar-refractivity contribution < 1.29 is 14.3 Å². The van der Waals surface area contributed by atoms with E-state index in [0.717, 1.165) is 34.9 Å². The number of unbranched alkanes of at least 4 members (excludes halogenated alkanes) is 4. The maximum absolute atomic E-state index is 12.3. The maximum atomic E-state index is 12.3. The molecule has 0 unspecified atom stereocenters. The van der Waals surface area contributed by atoms with Crippen molar-refractivity contribution in [1.29, 1.82) is 0 Å². The predicted molar refractivity (Wildman–Crippen MR) is 111 cm³/mol. The number of thiophene rings is 1. The van der Waals surface area contributed by atoms with Crippen LogP contribution in [0.1, 0.15) is 55.8 Å². The van der Waals surface area contributed by atoms with Crippen LogP contribution in [0.5, 0.6) is 0 Å². The first-order valence-electron chi connectivity index (χ1n) is 8.82. The second-order valence-corrected chi connectivity index (χ2v) is 7.86. The second-order valence-electron chi connectivity index (χ2n) is 6.06. The van der Waals surface area contributed by atoms with Crippen LogP contribution in [0.2, 0.25) is 0 Å². The number of hydrogen-bond donors (Lipinski definition) is 1. The molecule has 1 aromatic carbocycles. The topological polar surface area (TPSA) is 55.4 Å². The van der Waals surface area contributed by atoms with Crippen LogP contribution < -0.4 is 5.32 Å². The Morgan fingerprint density at radius 3 is 2.46 bits per heavy atom. The molecule has 2 rings (SSSR count). The summed E-state index contributed by atoms with van der Waals surface area (Å²) in [6, 6.07) is 7.70. The van der Waals surface area contributed by atoms with E-state index < -0.39 is 5.97 Å². The minimum atomic E-state index is -0.442. The van der Waals surface area contributed by atoms with Gasteiger partial charge in [0.05, 0.1) is 7.11 Å². The van der Waals surface area contributed by atoms with E-state index in [1.165, 1.54) is 31.3 Å². The fourth-order valence-corrected chi connectivity index (χ4v) is 3.91. The van der Waals surface area contributed by atoms with Gasteiger partial charge in [-0.15, -0.1) is 11.3 Å². The summed E-state index contributed by atoms with van der Waals surface area (Å²) in [4.78, 5) is 24.5. The monoisotopic (exact) mass is 437 g/mol. The molecule has 6 heteroatoms. The van der Waals surface area contributed by atoms with Crippen LogP contribution in [0.4, 0.5) is 5.00 Å².